The Hall–Kier alpha value is -2.91. The summed E-state index contributed by atoms with van der Waals surface area (Å²) < 4.78 is 2.14. The maximum Gasteiger partial charge on any atom is 0.351 e. The molecule has 0 aliphatic rings. The molecule has 2 aromatic rings. The Balaban J connectivity index is 2.56. The number of hydrogen-bond acceptors (Lipinski definition) is 6. The number of H-pyrrole nitrogens is 1. The number of nitrogens with one attached hydrogen (secondary N) is 2. The van der Waals surface area contributed by atoms with Gasteiger partial charge in [0, 0.05) is 14.1 Å². The van der Waals surface area contributed by atoms with Crippen LogP contribution < -0.4 is 16.7 Å². The van der Waals surface area contributed by atoms with Gasteiger partial charge in [0.15, 0.2) is 11.2 Å². The van der Waals surface area contributed by atoms with E-state index in [4.69, 9.17) is 5.11 Å². The van der Waals surface area contributed by atoms with E-state index in [0.717, 1.165) is 4.57 Å². The molecule has 0 saturated carbocycles. The van der Waals surface area contributed by atoms with E-state index in [1.807, 2.05) is 0 Å². The molecular formula is C10H12N6O4. The minimum atomic E-state index is -1.18. The van der Waals surface area contributed by atoms with E-state index in [9.17, 15) is 14.4 Å². The summed E-state index contributed by atoms with van der Waals surface area (Å²) in [5.41, 5.74) is 1.46. The van der Waals surface area contributed by atoms with Crippen molar-refractivity contribution in [3.63, 3.8) is 0 Å². The quantitative estimate of drug-likeness (QED) is 0.479. The number of aromatic amines is 1. The van der Waals surface area contributed by atoms with Crippen LogP contribution in [0, 0.1) is 0 Å². The van der Waals surface area contributed by atoms with E-state index < -0.39 is 17.2 Å². The number of hydrazone groups is 1. The first-order chi connectivity index (χ1) is 9.32. The molecule has 2 rings (SSSR count). The molecule has 0 aliphatic heterocycles. The molecule has 0 spiro atoms. The van der Waals surface area contributed by atoms with Gasteiger partial charge in [-0.15, -0.1) is 0 Å². The number of fused-ring (bicyclic) bond motifs is 1. The molecule has 0 amide bonds. The summed E-state index contributed by atoms with van der Waals surface area (Å²) in [6, 6.07) is 0. The van der Waals surface area contributed by atoms with Gasteiger partial charge in [-0.05, 0) is 6.92 Å². The Labute approximate surface area is 111 Å². The van der Waals surface area contributed by atoms with Crippen LogP contribution >= 0.6 is 0 Å². The Morgan fingerprint density at radius 3 is 2.60 bits per heavy atom. The highest BCUT2D eigenvalue weighted by atomic mass is 16.4. The molecule has 10 nitrogen and oxygen atoms in total. The van der Waals surface area contributed by atoms with E-state index in [-0.39, 0.29) is 22.8 Å². The minimum Gasteiger partial charge on any atom is -0.477 e. The zero-order chi connectivity index (χ0) is 15.0. The molecule has 0 atom stereocenters. The normalized spacial score (nSPS) is 11.8. The predicted octanol–water partition coefficient (Wildman–Crippen LogP) is -1.17. The molecule has 10 heteroatoms. The van der Waals surface area contributed by atoms with Gasteiger partial charge in [0.1, 0.15) is 5.71 Å². The van der Waals surface area contributed by atoms with Crippen molar-refractivity contribution in [3.05, 3.63) is 20.8 Å². The van der Waals surface area contributed by atoms with Crippen LogP contribution in [0.2, 0.25) is 0 Å². The number of aryl methyl sites for hydroxylation is 1. The molecule has 0 aliphatic carbocycles. The third kappa shape index (κ3) is 2.06. The fraction of sp³-hybridized carbons (Fsp3) is 0.300. The molecule has 0 saturated heterocycles. The molecule has 0 fully saturated rings. The topological polar surface area (TPSA) is 134 Å². The number of carboxylic acid groups (broad SMARTS) is 1. The predicted molar refractivity (Wildman–Crippen MR) is 70.9 cm³/mol. The van der Waals surface area contributed by atoms with Crippen molar-refractivity contribution < 1.29 is 9.90 Å². The third-order valence-corrected chi connectivity index (χ3v) is 2.73. The fourth-order valence-corrected chi connectivity index (χ4v) is 1.56. The zero-order valence-corrected chi connectivity index (χ0v) is 11.0. The lowest BCUT2D eigenvalue weighted by atomic mass is 10.4. The number of hydrogen-bond donors (Lipinski definition) is 3. The number of nitrogens with zero attached hydrogens (tertiary/aromatic N) is 4. The number of carbonyl (C=O) groups is 1. The Kier molecular flexibility index (Phi) is 3.14. The smallest absolute Gasteiger partial charge is 0.351 e. The molecule has 2 heterocycles. The second-order valence-corrected chi connectivity index (χ2v) is 4.10. The van der Waals surface area contributed by atoms with Crippen molar-refractivity contribution in [1.82, 2.24) is 19.1 Å². The average Bonchev–Trinajstić information content (AvgIpc) is 2.84. The fourth-order valence-electron chi connectivity index (χ4n) is 1.56. The second kappa shape index (κ2) is 4.64. The summed E-state index contributed by atoms with van der Waals surface area (Å²) >= 11 is 0. The van der Waals surface area contributed by atoms with E-state index in [1.54, 1.807) is 0 Å². The number of anilines is 1. The van der Waals surface area contributed by atoms with Crippen LogP contribution in [0.4, 0.5) is 5.95 Å². The van der Waals surface area contributed by atoms with Crippen LogP contribution in [0.3, 0.4) is 0 Å². The van der Waals surface area contributed by atoms with E-state index in [2.05, 4.69) is 20.5 Å². The number of imidazole rings is 1. The summed E-state index contributed by atoms with van der Waals surface area (Å²) in [5, 5.41) is 12.2. The van der Waals surface area contributed by atoms with E-state index in [1.165, 1.54) is 25.6 Å². The van der Waals surface area contributed by atoms with Gasteiger partial charge < -0.3 is 10.1 Å². The van der Waals surface area contributed by atoms with Gasteiger partial charge in [0.25, 0.3) is 5.56 Å². The Bertz CT molecular complexity index is 840. The van der Waals surface area contributed by atoms with Crippen LogP contribution in [0.1, 0.15) is 6.92 Å². The van der Waals surface area contributed by atoms with Gasteiger partial charge in [-0.2, -0.15) is 10.1 Å². The monoisotopic (exact) mass is 280 g/mol. The standard InChI is InChI=1S/C10H12N6O4/c1-4(8(18)19)13-14-9-11-5-6(12-9)15(2)10(20)16(3)7(5)17/h1-3H3,(H,18,19)(H2,11,12,14)/b13-4-. The lowest BCUT2D eigenvalue weighted by molar-refractivity contribution is -0.129. The maximum atomic E-state index is 11.9. The summed E-state index contributed by atoms with van der Waals surface area (Å²) in [6.07, 6.45) is 0. The van der Waals surface area contributed by atoms with Crippen molar-refractivity contribution >= 4 is 28.8 Å². The van der Waals surface area contributed by atoms with Gasteiger partial charge >= 0.3 is 11.7 Å². The molecule has 2 aromatic heterocycles. The zero-order valence-electron chi connectivity index (χ0n) is 11.0. The van der Waals surface area contributed by atoms with Crippen molar-refractivity contribution in [3.8, 4) is 0 Å². The maximum absolute atomic E-state index is 11.9. The van der Waals surface area contributed by atoms with Crippen LogP contribution in [0.5, 0.6) is 0 Å². The third-order valence-electron chi connectivity index (χ3n) is 2.73. The van der Waals surface area contributed by atoms with Crippen molar-refractivity contribution in [2.24, 2.45) is 19.2 Å². The van der Waals surface area contributed by atoms with Gasteiger partial charge in [-0.3, -0.25) is 13.9 Å². The molecule has 106 valence electrons. The number of carboxylic acids is 1. The molecule has 3 N–H and O–H groups in total. The first-order valence-electron chi connectivity index (χ1n) is 5.52. The number of aromatic nitrogens is 4. The first-order valence-corrected chi connectivity index (χ1v) is 5.52. The Morgan fingerprint density at radius 1 is 1.35 bits per heavy atom. The van der Waals surface area contributed by atoms with Gasteiger partial charge in [-0.25, -0.2) is 15.0 Å². The average molecular weight is 280 g/mol. The largest absolute Gasteiger partial charge is 0.477 e. The molecular weight excluding hydrogens is 268 g/mol. The highest BCUT2D eigenvalue weighted by molar-refractivity contribution is 6.34. The summed E-state index contributed by atoms with van der Waals surface area (Å²) in [5.74, 6) is -1.11. The lowest BCUT2D eigenvalue weighted by Crippen LogP contribution is -2.36. The van der Waals surface area contributed by atoms with E-state index >= 15 is 0 Å². The first kappa shape index (κ1) is 13.5. The van der Waals surface area contributed by atoms with Gasteiger partial charge in [-0.1, -0.05) is 0 Å². The van der Waals surface area contributed by atoms with Crippen LogP contribution in [-0.2, 0) is 18.9 Å². The molecule has 0 bridgehead atoms. The van der Waals surface area contributed by atoms with Gasteiger partial charge in [0.05, 0.1) is 0 Å². The molecule has 0 unspecified atom stereocenters. The van der Waals surface area contributed by atoms with Crippen LogP contribution in [0.25, 0.3) is 11.2 Å². The van der Waals surface area contributed by atoms with Crippen molar-refractivity contribution in [1.29, 1.82) is 0 Å². The summed E-state index contributed by atoms with van der Waals surface area (Å²) in [4.78, 5) is 40.8. The highest BCUT2D eigenvalue weighted by Crippen LogP contribution is 2.08. The highest BCUT2D eigenvalue weighted by Gasteiger charge is 2.13. The second-order valence-electron chi connectivity index (χ2n) is 4.10. The number of rotatable bonds is 3. The van der Waals surface area contributed by atoms with Crippen LogP contribution in [0.15, 0.2) is 14.7 Å². The van der Waals surface area contributed by atoms with E-state index in [0.29, 0.717) is 0 Å². The minimum absolute atomic E-state index is 0.0684. The SMILES string of the molecule is C/C(=N/Nc1nc2c([nH]1)c(=O)n(C)c(=O)n2C)C(=O)O. The molecule has 0 aromatic carbocycles. The summed E-state index contributed by atoms with van der Waals surface area (Å²) in [7, 11) is 2.82. The van der Waals surface area contributed by atoms with Crippen molar-refractivity contribution in [2.75, 3.05) is 5.43 Å². The molecule has 20 heavy (non-hydrogen) atoms. The molecule has 0 radical (unpaired) electrons. The summed E-state index contributed by atoms with van der Waals surface area (Å²) in [6.45, 7) is 1.30. The lowest BCUT2D eigenvalue weighted by Gasteiger charge is -2.00. The van der Waals surface area contributed by atoms with Crippen molar-refractivity contribution in [2.45, 2.75) is 6.92 Å². The Morgan fingerprint density at radius 2 is 2.00 bits per heavy atom. The van der Waals surface area contributed by atoms with Gasteiger partial charge in [0.2, 0.25) is 5.95 Å². The number of aliphatic carboxylic acids is 1. The van der Waals surface area contributed by atoms with Crippen LogP contribution in [-0.4, -0.2) is 35.9 Å².